The van der Waals surface area contributed by atoms with Gasteiger partial charge in [-0.05, 0) is 59.7 Å². The summed E-state index contributed by atoms with van der Waals surface area (Å²) in [6.07, 6.45) is 4.05. The summed E-state index contributed by atoms with van der Waals surface area (Å²) in [5, 5.41) is 0.627. The lowest BCUT2D eigenvalue weighted by Gasteiger charge is -2.21. The molecule has 0 radical (unpaired) electrons. The molecule has 142 valence electrons. The first kappa shape index (κ1) is 20.1. The summed E-state index contributed by atoms with van der Waals surface area (Å²) >= 11 is 8.51. The fourth-order valence-corrected chi connectivity index (χ4v) is 3.75. The van der Waals surface area contributed by atoms with Gasteiger partial charge in [0.2, 0.25) is 5.91 Å². The van der Waals surface area contributed by atoms with Crippen LogP contribution in [-0.2, 0) is 11.2 Å². The highest BCUT2D eigenvalue weighted by Crippen LogP contribution is 2.27. The molecule has 2 heterocycles. The SMILES string of the molecule is CCCN(CCC)C(=O)Cc1c(-c2ccc(I)cc2)nc2ccc(Cl)cn12. The van der Waals surface area contributed by atoms with Gasteiger partial charge in [0.25, 0.3) is 0 Å². The number of amides is 1. The van der Waals surface area contributed by atoms with E-state index >= 15 is 0 Å². The third kappa shape index (κ3) is 4.63. The Morgan fingerprint density at radius 2 is 1.78 bits per heavy atom. The Labute approximate surface area is 178 Å². The number of carbonyl (C=O) groups is 1. The predicted molar refractivity (Wildman–Crippen MR) is 119 cm³/mol. The molecule has 3 rings (SSSR count). The van der Waals surface area contributed by atoms with Gasteiger partial charge < -0.3 is 9.30 Å². The standard InChI is InChI=1S/C21H23ClIN3O/c1-3-11-25(12-4-2)20(27)13-18-21(15-5-8-17(23)9-6-15)24-19-10-7-16(22)14-26(18)19/h5-10,14H,3-4,11-13H2,1-2H3. The second-order valence-electron chi connectivity index (χ2n) is 6.55. The zero-order valence-corrected chi connectivity index (χ0v) is 18.5. The summed E-state index contributed by atoms with van der Waals surface area (Å²) in [6.45, 7) is 5.76. The van der Waals surface area contributed by atoms with Gasteiger partial charge in [0.05, 0.1) is 22.8 Å². The van der Waals surface area contributed by atoms with Crippen molar-refractivity contribution >= 4 is 45.7 Å². The van der Waals surface area contributed by atoms with Gasteiger partial charge in [-0.1, -0.05) is 37.6 Å². The molecule has 0 spiro atoms. The number of hydrogen-bond acceptors (Lipinski definition) is 2. The number of fused-ring (bicyclic) bond motifs is 1. The van der Waals surface area contributed by atoms with E-state index in [1.165, 1.54) is 0 Å². The average molecular weight is 496 g/mol. The van der Waals surface area contributed by atoms with Gasteiger partial charge in [-0.2, -0.15) is 0 Å². The zero-order chi connectivity index (χ0) is 19.4. The van der Waals surface area contributed by atoms with Crippen molar-refractivity contribution in [2.45, 2.75) is 33.1 Å². The topological polar surface area (TPSA) is 37.6 Å². The molecule has 2 aromatic heterocycles. The maximum absolute atomic E-state index is 13.0. The Kier molecular flexibility index (Phi) is 6.76. The van der Waals surface area contributed by atoms with Crippen LogP contribution >= 0.6 is 34.2 Å². The first-order chi connectivity index (χ1) is 13.0. The largest absolute Gasteiger partial charge is 0.342 e. The first-order valence-corrected chi connectivity index (χ1v) is 10.7. The molecule has 0 bridgehead atoms. The van der Waals surface area contributed by atoms with Gasteiger partial charge in [0, 0.05) is 28.4 Å². The monoisotopic (exact) mass is 495 g/mol. The van der Waals surface area contributed by atoms with Gasteiger partial charge >= 0.3 is 0 Å². The van der Waals surface area contributed by atoms with Crippen molar-refractivity contribution in [3.05, 3.63) is 56.9 Å². The molecule has 6 heteroatoms. The van der Waals surface area contributed by atoms with E-state index in [1.54, 1.807) is 0 Å². The molecule has 0 saturated carbocycles. The molecule has 4 nitrogen and oxygen atoms in total. The average Bonchev–Trinajstić information content (AvgIpc) is 3.00. The fraction of sp³-hybridized carbons (Fsp3) is 0.333. The predicted octanol–water partition coefficient (Wildman–Crippen LogP) is 5.45. The second kappa shape index (κ2) is 9.06. The van der Waals surface area contributed by atoms with Crippen LogP contribution in [0.4, 0.5) is 0 Å². The Morgan fingerprint density at radius 3 is 2.41 bits per heavy atom. The highest BCUT2D eigenvalue weighted by Gasteiger charge is 2.20. The number of pyridine rings is 1. The molecule has 0 aliphatic rings. The molecule has 0 N–H and O–H groups in total. The third-order valence-electron chi connectivity index (χ3n) is 4.46. The Bertz CT molecular complexity index is 930. The molecule has 1 aromatic carbocycles. The molecule has 0 fully saturated rings. The van der Waals surface area contributed by atoms with Crippen LogP contribution in [0.25, 0.3) is 16.9 Å². The highest BCUT2D eigenvalue weighted by atomic mass is 127. The van der Waals surface area contributed by atoms with E-state index < -0.39 is 0 Å². The normalized spacial score (nSPS) is 11.1. The molecular weight excluding hydrogens is 473 g/mol. The smallest absolute Gasteiger partial charge is 0.228 e. The van der Waals surface area contributed by atoms with Gasteiger partial charge in [0.1, 0.15) is 5.65 Å². The summed E-state index contributed by atoms with van der Waals surface area (Å²) in [4.78, 5) is 19.7. The van der Waals surface area contributed by atoms with Crippen molar-refractivity contribution in [1.82, 2.24) is 14.3 Å². The van der Waals surface area contributed by atoms with E-state index in [1.807, 2.05) is 27.6 Å². The number of rotatable bonds is 7. The number of nitrogens with zero attached hydrogens (tertiary/aromatic N) is 3. The van der Waals surface area contributed by atoms with Gasteiger partial charge in [-0.15, -0.1) is 0 Å². The van der Waals surface area contributed by atoms with Crippen LogP contribution in [0, 0.1) is 3.57 Å². The van der Waals surface area contributed by atoms with E-state index in [9.17, 15) is 4.79 Å². The van der Waals surface area contributed by atoms with Gasteiger partial charge in [0.15, 0.2) is 0 Å². The summed E-state index contributed by atoms with van der Waals surface area (Å²) < 4.78 is 3.11. The number of carbonyl (C=O) groups excluding carboxylic acids is 1. The lowest BCUT2D eigenvalue weighted by atomic mass is 10.1. The van der Waals surface area contributed by atoms with Crippen molar-refractivity contribution < 1.29 is 4.79 Å². The van der Waals surface area contributed by atoms with Crippen LogP contribution in [-0.4, -0.2) is 33.3 Å². The molecule has 0 aliphatic heterocycles. The zero-order valence-electron chi connectivity index (χ0n) is 15.6. The lowest BCUT2D eigenvalue weighted by Crippen LogP contribution is -2.34. The number of aromatic nitrogens is 2. The van der Waals surface area contributed by atoms with Crippen molar-refractivity contribution in [2.75, 3.05) is 13.1 Å². The van der Waals surface area contributed by atoms with E-state index in [0.717, 1.165) is 52.1 Å². The van der Waals surface area contributed by atoms with Crippen molar-refractivity contribution in [3.63, 3.8) is 0 Å². The molecular formula is C21H23ClIN3O. The lowest BCUT2D eigenvalue weighted by molar-refractivity contribution is -0.130. The quantitative estimate of drug-likeness (QED) is 0.409. The van der Waals surface area contributed by atoms with Gasteiger partial charge in [-0.3, -0.25) is 4.79 Å². The van der Waals surface area contributed by atoms with Crippen LogP contribution < -0.4 is 0 Å². The molecule has 0 saturated heterocycles. The second-order valence-corrected chi connectivity index (χ2v) is 8.23. The number of benzene rings is 1. The van der Waals surface area contributed by atoms with Crippen molar-refractivity contribution in [2.24, 2.45) is 0 Å². The molecule has 3 aromatic rings. The third-order valence-corrected chi connectivity index (χ3v) is 5.40. The molecule has 0 atom stereocenters. The minimum atomic E-state index is 0.132. The van der Waals surface area contributed by atoms with Crippen LogP contribution in [0.5, 0.6) is 0 Å². The number of hydrogen-bond donors (Lipinski definition) is 0. The summed E-state index contributed by atoms with van der Waals surface area (Å²) in [5.74, 6) is 0.132. The molecule has 0 aliphatic carbocycles. The molecule has 1 amide bonds. The van der Waals surface area contributed by atoms with E-state index in [-0.39, 0.29) is 5.91 Å². The summed E-state index contributed by atoms with van der Waals surface area (Å²) in [6, 6.07) is 11.9. The number of halogens is 2. The van der Waals surface area contributed by atoms with Crippen LogP contribution in [0.1, 0.15) is 32.4 Å². The summed E-state index contributed by atoms with van der Waals surface area (Å²) in [5.41, 5.74) is 3.54. The number of imidazole rings is 1. The molecule has 27 heavy (non-hydrogen) atoms. The fourth-order valence-electron chi connectivity index (χ4n) is 3.23. The van der Waals surface area contributed by atoms with Crippen LogP contribution in [0.3, 0.4) is 0 Å². The van der Waals surface area contributed by atoms with Crippen LogP contribution in [0.2, 0.25) is 5.02 Å². The Hall–Kier alpha value is -1.60. The maximum Gasteiger partial charge on any atom is 0.228 e. The van der Waals surface area contributed by atoms with E-state index in [2.05, 4.69) is 60.7 Å². The molecule has 0 unspecified atom stereocenters. The van der Waals surface area contributed by atoms with Crippen molar-refractivity contribution in [1.29, 1.82) is 0 Å². The Balaban J connectivity index is 2.06. The van der Waals surface area contributed by atoms with E-state index in [4.69, 9.17) is 16.6 Å². The maximum atomic E-state index is 13.0. The van der Waals surface area contributed by atoms with E-state index in [0.29, 0.717) is 11.4 Å². The minimum Gasteiger partial charge on any atom is -0.342 e. The van der Waals surface area contributed by atoms with Gasteiger partial charge in [-0.25, -0.2) is 4.98 Å². The minimum absolute atomic E-state index is 0.132. The van der Waals surface area contributed by atoms with Crippen LogP contribution in [0.15, 0.2) is 42.6 Å². The first-order valence-electron chi connectivity index (χ1n) is 9.23. The summed E-state index contributed by atoms with van der Waals surface area (Å²) in [7, 11) is 0. The van der Waals surface area contributed by atoms with Crippen molar-refractivity contribution in [3.8, 4) is 11.3 Å². The highest BCUT2D eigenvalue weighted by molar-refractivity contribution is 14.1. The Morgan fingerprint density at radius 1 is 1.11 bits per heavy atom.